The van der Waals surface area contributed by atoms with Crippen molar-refractivity contribution in [3.8, 4) is 17.0 Å². The van der Waals surface area contributed by atoms with E-state index in [1.807, 2.05) is 18.2 Å². The number of nitrogens with zero attached hydrogens (tertiary/aromatic N) is 4. The Balaban J connectivity index is 1.37. The molecular formula is C21H17FN4OS. The fourth-order valence-corrected chi connectivity index (χ4v) is 3.86. The van der Waals surface area contributed by atoms with Crippen LogP contribution >= 0.6 is 11.8 Å². The van der Waals surface area contributed by atoms with Gasteiger partial charge in [0.1, 0.15) is 11.6 Å². The highest BCUT2D eigenvalue weighted by atomic mass is 32.2. The molecule has 140 valence electrons. The van der Waals surface area contributed by atoms with Crippen molar-refractivity contribution in [2.75, 3.05) is 0 Å². The number of oxazole rings is 1. The summed E-state index contributed by atoms with van der Waals surface area (Å²) in [5.41, 5.74) is 1.87. The number of hydrogen-bond acceptors (Lipinski definition) is 5. The fraction of sp³-hybridized carbons (Fsp3) is 0.190. The van der Waals surface area contributed by atoms with Crippen molar-refractivity contribution in [2.45, 2.75) is 29.7 Å². The van der Waals surface area contributed by atoms with Gasteiger partial charge in [-0.3, -0.25) is 4.57 Å². The molecule has 7 heteroatoms. The smallest absolute Gasteiger partial charge is 0.205 e. The van der Waals surface area contributed by atoms with Gasteiger partial charge < -0.3 is 4.42 Å². The molecule has 0 spiro atoms. The van der Waals surface area contributed by atoms with E-state index >= 15 is 0 Å². The van der Waals surface area contributed by atoms with Crippen molar-refractivity contribution in [1.82, 2.24) is 19.7 Å². The van der Waals surface area contributed by atoms with Crippen molar-refractivity contribution in [3.05, 3.63) is 78.3 Å². The zero-order valence-corrected chi connectivity index (χ0v) is 15.8. The van der Waals surface area contributed by atoms with E-state index in [0.29, 0.717) is 23.3 Å². The van der Waals surface area contributed by atoms with E-state index in [2.05, 4.69) is 31.9 Å². The van der Waals surface area contributed by atoms with Crippen LogP contribution in [-0.4, -0.2) is 19.7 Å². The van der Waals surface area contributed by atoms with Crippen molar-refractivity contribution in [2.24, 2.45) is 0 Å². The van der Waals surface area contributed by atoms with Gasteiger partial charge in [-0.25, -0.2) is 9.37 Å². The Labute approximate surface area is 165 Å². The largest absolute Gasteiger partial charge is 0.440 e. The molecule has 1 aliphatic rings. The molecule has 0 unspecified atom stereocenters. The molecule has 0 bridgehead atoms. The molecule has 2 aromatic carbocycles. The molecule has 0 saturated heterocycles. The molecular weight excluding hydrogens is 375 g/mol. The van der Waals surface area contributed by atoms with Gasteiger partial charge in [0.15, 0.2) is 10.9 Å². The van der Waals surface area contributed by atoms with E-state index in [1.165, 1.54) is 12.1 Å². The van der Waals surface area contributed by atoms with Gasteiger partial charge in [0.25, 0.3) is 0 Å². The number of para-hydroxylation sites is 1. The summed E-state index contributed by atoms with van der Waals surface area (Å²) < 4.78 is 21.1. The van der Waals surface area contributed by atoms with E-state index in [1.54, 1.807) is 30.1 Å². The third-order valence-corrected chi connectivity index (χ3v) is 5.54. The second-order valence-electron chi connectivity index (χ2n) is 6.70. The van der Waals surface area contributed by atoms with Gasteiger partial charge in [-0.1, -0.05) is 30.0 Å². The number of aromatic nitrogens is 4. The topological polar surface area (TPSA) is 56.7 Å². The second kappa shape index (κ2) is 7.24. The molecule has 0 radical (unpaired) electrons. The van der Waals surface area contributed by atoms with Crippen LogP contribution in [-0.2, 0) is 5.75 Å². The molecule has 1 fully saturated rings. The van der Waals surface area contributed by atoms with E-state index in [9.17, 15) is 4.39 Å². The van der Waals surface area contributed by atoms with Gasteiger partial charge in [0, 0.05) is 17.2 Å². The zero-order chi connectivity index (χ0) is 18.9. The molecule has 1 saturated carbocycles. The number of halogens is 1. The molecule has 0 aliphatic heterocycles. The highest BCUT2D eigenvalue weighted by molar-refractivity contribution is 7.98. The molecule has 4 aromatic rings. The van der Waals surface area contributed by atoms with Crippen molar-refractivity contribution < 1.29 is 8.81 Å². The van der Waals surface area contributed by atoms with Crippen molar-refractivity contribution >= 4 is 11.8 Å². The SMILES string of the molecule is Fc1ccc(-c2cnc(CSc3nnc(C4CC4)n3-c3ccccc3)o2)cc1. The minimum Gasteiger partial charge on any atom is -0.440 e. The summed E-state index contributed by atoms with van der Waals surface area (Å²) in [5.74, 6) is 3.00. The minimum absolute atomic E-state index is 0.272. The van der Waals surface area contributed by atoms with Gasteiger partial charge >= 0.3 is 0 Å². The van der Waals surface area contributed by atoms with Crippen molar-refractivity contribution in [3.63, 3.8) is 0 Å². The predicted octanol–water partition coefficient (Wildman–Crippen LogP) is 5.23. The molecule has 2 heterocycles. The summed E-state index contributed by atoms with van der Waals surface area (Å²) in [7, 11) is 0. The van der Waals surface area contributed by atoms with Crippen LogP contribution in [0.25, 0.3) is 17.0 Å². The third kappa shape index (κ3) is 3.45. The molecule has 0 amide bonds. The lowest BCUT2D eigenvalue weighted by molar-refractivity contribution is 0.529. The van der Waals surface area contributed by atoms with E-state index in [4.69, 9.17) is 4.42 Å². The molecule has 0 N–H and O–H groups in total. The van der Waals surface area contributed by atoms with Gasteiger partial charge in [-0.05, 0) is 49.2 Å². The number of rotatable bonds is 6. The third-order valence-electron chi connectivity index (χ3n) is 4.62. The Morgan fingerprint density at radius 2 is 1.82 bits per heavy atom. The Hall–Kier alpha value is -2.93. The van der Waals surface area contributed by atoms with Gasteiger partial charge in [-0.2, -0.15) is 0 Å². The first kappa shape index (κ1) is 17.2. The normalized spacial score (nSPS) is 13.8. The number of thioether (sulfide) groups is 1. The number of benzene rings is 2. The molecule has 5 nitrogen and oxygen atoms in total. The second-order valence-corrected chi connectivity index (χ2v) is 7.64. The molecule has 1 aliphatic carbocycles. The molecule has 28 heavy (non-hydrogen) atoms. The quantitative estimate of drug-likeness (QED) is 0.421. The first-order chi connectivity index (χ1) is 13.8. The lowest BCUT2D eigenvalue weighted by atomic mass is 10.2. The summed E-state index contributed by atoms with van der Waals surface area (Å²) in [6, 6.07) is 16.4. The average Bonchev–Trinajstić information content (AvgIpc) is 3.31. The summed E-state index contributed by atoms with van der Waals surface area (Å²) in [4.78, 5) is 4.35. The maximum atomic E-state index is 13.1. The van der Waals surface area contributed by atoms with Crippen LogP contribution in [0.5, 0.6) is 0 Å². The van der Waals surface area contributed by atoms with E-state index in [0.717, 1.165) is 35.1 Å². The van der Waals surface area contributed by atoms with E-state index in [-0.39, 0.29) is 5.82 Å². The van der Waals surface area contributed by atoms with Crippen LogP contribution in [0.3, 0.4) is 0 Å². The monoisotopic (exact) mass is 392 g/mol. The van der Waals surface area contributed by atoms with Crippen molar-refractivity contribution in [1.29, 1.82) is 0 Å². The standard InChI is InChI=1S/C21H17FN4OS/c22-16-10-8-14(9-11-16)18-12-23-19(27-18)13-28-21-25-24-20(15-6-7-15)26(21)17-4-2-1-3-5-17/h1-5,8-12,15H,6-7,13H2. The Morgan fingerprint density at radius 3 is 2.57 bits per heavy atom. The lowest BCUT2D eigenvalue weighted by Crippen LogP contribution is -2.01. The molecule has 2 aromatic heterocycles. The predicted molar refractivity (Wildman–Crippen MR) is 105 cm³/mol. The Bertz CT molecular complexity index is 1090. The summed E-state index contributed by atoms with van der Waals surface area (Å²) >= 11 is 1.55. The summed E-state index contributed by atoms with van der Waals surface area (Å²) in [5, 5.41) is 9.67. The van der Waals surface area contributed by atoms with Crippen LogP contribution in [0.15, 0.2) is 70.4 Å². The van der Waals surface area contributed by atoms with Gasteiger partial charge in [-0.15, -0.1) is 10.2 Å². The average molecular weight is 392 g/mol. The number of hydrogen-bond donors (Lipinski definition) is 0. The fourth-order valence-electron chi connectivity index (χ4n) is 3.05. The highest BCUT2D eigenvalue weighted by Gasteiger charge is 2.31. The summed E-state index contributed by atoms with van der Waals surface area (Å²) in [6.07, 6.45) is 3.99. The molecule has 5 rings (SSSR count). The van der Waals surface area contributed by atoms with Gasteiger partial charge in [0.2, 0.25) is 5.89 Å². The minimum atomic E-state index is -0.272. The van der Waals surface area contributed by atoms with Gasteiger partial charge in [0.05, 0.1) is 11.9 Å². The Kier molecular flexibility index (Phi) is 4.44. The van der Waals surface area contributed by atoms with Crippen LogP contribution in [0, 0.1) is 5.82 Å². The summed E-state index contributed by atoms with van der Waals surface area (Å²) in [6.45, 7) is 0. The first-order valence-corrected chi connectivity index (χ1v) is 10.1. The highest BCUT2D eigenvalue weighted by Crippen LogP contribution is 2.41. The lowest BCUT2D eigenvalue weighted by Gasteiger charge is -2.09. The molecule has 0 atom stereocenters. The van der Waals surface area contributed by atoms with Crippen LogP contribution < -0.4 is 0 Å². The first-order valence-electron chi connectivity index (χ1n) is 9.12. The van der Waals surface area contributed by atoms with E-state index < -0.39 is 0 Å². The Morgan fingerprint density at radius 1 is 1.04 bits per heavy atom. The van der Waals surface area contributed by atoms with Crippen LogP contribution in [0.2, 0.25) is 0 Å². The zero-order valence-electron chi connectivity index (χ0n) is 15.0. The maximum Gasteiger partial charge on any atom is 0.205 e. The van der Waals surface area contributed by atoms with Crippen LogP contribution in [0.4, 0.5) is 4.39 Å². The maximum absolute atomic E-state index is 13.1. The van der Waals surface area contributed by atoms with Crippen LogP contribution in [0.1, 0.15) is 30.5 Å².